The molecule has 0 bridgehead atoms. The van der Waals surface area contributed by atoms with Crippen molar-refractivity contribution in [1.29, 1.82) is 0 Å². The summed E-state index contributed by atoms with van der Waals surface area (Å²) in [4.78, 5) is 14.5. The van der Waals surface area contributed by atoms with Crippen LogP contribution in [-0.4, -0.2) is 34.0 Å². The highest BCUT2D eigenvalue weighted by atomic mass is 32.2. The lowest BCUT2D eigenvalue weighted by Gasteiger charge is -2.12. The van der Waals surface area contributed by atoms with Crippen molar-refractivity contribution in [1.82, 2.24) is 4.90 Å². The molecule has 32 heavy (non-hydrogen) atoms. The van der Waals surface area contributed by atoms with Crippen molar-refractivity contribution in [3.8, 4) is 11.3 Å². The topological polar surface area (TPSA) is 58.2 Å². The molecule has 1 aliphatic heterocycles. The molecule has 0 saturated carbocycles. The molecule has 1 atom stereocenters. The van der Waals surface area contributed by atoms with Gasteiger partial charge in [-0.3, -0.25) is 9.69 Å². The van der Waals surface area contributed by atoms with Gasteiger partial charge in [0.05, 0.1) is 17.0 Å². The van der Waals surface area contributed by atoms with Gasteiger partial charge in [0.15, 0.2) is 5.17 Å². The van der Waals surface area contributed by atoms with Crippen LogP contribution in [0.1, 0.15) is 16.9 Å². The molecule has 162 valence electrons. The summed E-state index contributed by atoms with van der Waals surface area (Å²) in [6.45, 7) is 6.13. The van der Waals surface area contributed by atoms with Crippen LogP contribution in [0.4, 0.5) is 4.39 Å². The van der Waals surface area contributed by atoms with E-state index in [4.69, 9.17) is 4.42 Å². The zero-order valence-electron chi connectivity index (χ0n) is 17.6. The Morgan fingerprint density at radius 1 is 1.16 bits per heavy atom. The number of furan rings is 1. The number of hydrogen-bond donors (Lipinski definition) is 0. The third-order valence-electron chi connectivity index (χ3n) is 4.97. The highest BCUT2D eigenvalue weighted by molar-refractivity contribution is 8.15. The molecule has 3 aromatic rings. The largest absolute Gasteiger partial charge is 0.455 e. The van der Waals surface area contributed by atoms with Crippen molar-refractivity contribution < 1.29 is 13.6 Å². The monoisotopic (exact) mass is 447 g/mol. The van der Waals surface area contributed by atoms with E-state index >= 15 is 0 Å². The van der Waals surface area contributed by atoms with Crippen molar-refractivity contribution in [2.45, 2.75) is 18.6 Å². The van der Waals surface area contributed by atoms with Crippen molar-refractivity contribution in [2.24, 2.45) is 10.2 Å². The van der Waals surface area contributed by atoms with E-state index in [0.29, 0.717) is 35.2 Å². The van der Waals surface area contributed by atoms with Gasteiger partial charge in [-0.1, -0.05) is 59.8 Å². The number of rotatable bonds is 7. The minimum Gasteiger partial charge on any atom is -0.455 e. The molecule has 0 aliphatic carbocycles. The maximum atomic E-state index is 13.9. The van der Waals surface area contributed by atoms with Gasteiger partial charge in [0.25, 0.3) is 0 Å². The van der Waals surface area contributed by atoms with Crippen molar-refractivity contribution in [3.05, 3.63) is 96.0 Å². The molecule has 0 radical (unpaired) electrons. The summed E-state index contributed by atoms with van der Waals surface area (Å²) in [6.07, 6.45) is 3.73. The van der Waals surface area contributed by atoms with E-state index in [0.717, 1.165) is 5.56 Å². The number of amides is 1. The van der Waals surface area contributed by atoms with Crippen LogP contribution in [0.15, 0.2) is 87.9 Å². The molecule has 2 aromatic carbocycles. The summed E-state index contributed by atoms with van der Waals surface area (Å²) in [5.74, 6) is 0.484. The first-order chi connectivity index (χ1) is 15.5. The third kappa shape index (κ3) is 4.89. The van der Waals surface area contributed by atoms with Crippen molar-refractivity contribution in [2.75, 3.05) is 6.54 Å². The van der Waals surface area contributed by atoms with Gasteiger partial charge in [-0.2, -0.15) is 5.10 Å². The van der Waals surface area contributed by atoms with E-state index in [-0.39, 0.29) is 17.0 Å². The van der Waals surface area contributed by atoms with Crippen LogP contribution in [0.25, 0.3) is 11.3 Å². The summed E-state index contributed by atoms with van der Waals surface area (Å²) >= 11 is 1.39. The molecule has 5 nitrogen and oxygen atoms in total. The number of halogens is 1. The second-order valence-corrected chi connectivity index (χ2v) is 8.51. The Kier molecular flexibility index (Phi) is 6.66. The Hall–Kier alpha value is -3.45. The third-order valence-corrected chi connectivity index (χ3v) is 6.13. The first-order valence-corrected chi connectivity index (χ1v) is 11.0. The number of amidine groups is 1. The summed E-state index contributed by atoms with van der Waals surface area (Å²) in [5, 5.41) is 8.60. The fraction of sp³-hybridized carbons (Fsp3) is 0.160. The number of nitrogens with zero attached hydrogens (tertiary/aromatic N) is 3. The maximum absolute atomic E-state index is 13.9. The summed E-state index contributed by atoms with van der Waals surface area (Å²) in [6, 6.07) is 17.9. The molecule has 1 saturated heterocycles. The summed E-state index contributed by atoms with van der Waals surface area (Å²) in [5.41, 5.74) is 2.66. The Morgan fingerprint density at radius 2 is 1.94 bits per heavy atom. The molecule has 1 aromatic heterocycles. The smallest absolute Gasteiger partial charge is 0.242 e. The molecule has 2 heterocycles. The normalized spacial score (nSPS) is 17.6. The molecular weight excluding hydrogens is 425 g/mol. The quantitative estimate of drug-likeness (QED) is 0.275. The molecule has 1 fully saturated rings. The molecule has 7 heteroatoms. The molecule has 1 aliphatic rings. The highest BCUT2D eigenvalue weighted by Crippen LogP contribution is 2.30. The van der Waals surface area contributed by atoms with Gasteiger partial charge in [0.2, 0.25) is 5.91 Å². The van der Waals surface area contributed by atoms with Crippen LogP contribution >= 0.6 is 11.8 Å². The van der Waals surface area contributed by atoms with Crippen LogP contribution in [0.2, 0.25) is 0 Å². The average Bonchev–Trinajstić information content (AvgIpc) is 3.36. The minimum atomic E-state index is -0.355. The zero-order valence-corrected chi connectivity index (χ0v) is 18.4. The maximum Gasteiger partial charge on any atom is 0.242 e. The van der Waals surface area contributed by atoms with Gasteiger partial charge in [-0.05, 0) is 43.2 Å². The summed E-state index contributed by atoms with van der Waals surface area (Å²) in [7, 11) is 0. The first kappa shape index (κ1) is 21.8. The predicted octanol–water partition coefficient (Wildman–Crippen LogP) is 5.46. The van der Waals surface area contributed by atoms with Gasteiger partial charge in [-0.25, -0.2) is 4.39 Å². The number of aryl methyl sites for hydroxylation is 1. The zero-order chi connectivity index (χ0) is 22.5. The second-order valence-electron chi connectivity index (χ2n) is 7.34. The number of carbonyl (C=O) groups is 1. The van der Waals surface area contributed by atoms with Crippen LogP contribution in [0, 0.1) is 12.7 Å². The SMILES string of the molecule is C=CCN1C(=O)C(Cc2ccc(C)cc2)SC1=NN=Cc1ccc(-c2ccccc2F)o1. The second kappa shape index (κ2) is 9.78. The Labute approximate surface area is 190 Å². The van der Waals surface area contributed by atoms with Crippen molar-refractivity contribution in [3.63, 3.8) is 0 Å². The van der Waals surface area contributed by atoms with E-state index in [9.17, 15) is 9.18 Å². The fourth-order valence-electron chi connectivity index (χ4n) is 3.31. The Bertz CT molecular complexity index is 1180. The molecule has 0 N–H and O–H groups in total. The van der Waals surface area contributed by atoms with Crippen molar-refractivity contribution >= 4 is 29.1 Å². The van der Waals surface area contributed by atoms with Crippen LogP contribution in [-0.2, 0) is 11.2 Å². The van der Waals surface area contributed by atoms with Gasteiger partial charge in [0.1, 0.15) is 17.3 Å². The van der Waals surface area contributed by atoms with E-state index in [2.05, 4.69) is 16.8 Å². The van der Waals surface area contributed by atoms with Gasteiger partial charge >= 0.3 is 0 Å². The standard InChI is InChI=1S/C25H22FN3O2S/c1-3-14-29-24(30)23(15-18-10-8-17(2)9-11-18)32-25(29)28-27-16-19-12-13-22(31-19)20-6-4-5-7-21(20)26/h3-13,16,23H,1,14-15H2,2H3. The average molecular weight is 448 g/mol. The lowest BCUT2D eigenvalue weighted by atomic mass is 10.1. The molecule has 0 spiro atoms. The number of hydrogen-bond acceptors (Lipinski definition) is 5. The van der Waals surface area contributed by atoms with Gasteiger partial charge in [0, 0.05) is 6.54 Å². The first-order valence-electron chi connectivity index (χ1n) is 10.2. The fourth-order valence-corrected chi connectivity index (χ4v) is 4.46. The van der Waals surface area contributed by atoms with E-state index < -0.39 is 0 Å². The lowest BCUT2D eigenvalue weighted by molar-refractivity contribution is -0.125. The Balaban J connectivity index is 1.49. The van der Waals surface area contributed by atoms with E-state index in [1.165, 1.54) is 29.6 Å². The predicted molar refractivity (Wildman–Crippen MR) is 127 cm³/mol. The molecular formula is C25H22FN3O2S. The molecule has 1 unspecified atom stereocenters. The van der Waals surface area contributed by atoms with Crippen LogP contribution < -0.4 is 0 Å². The van der Waals surface area contributed by atoms with Crippen LogP contribution in [0.5, 0.6) is 0 Å². The van der Waals surface area contributed by atoms with Crippen LogP contribution in [0.3, 0.4) is 0 Å². The van der Waals surface area contributed by atoms with Gasteiger partial charge in [-0.15, -0.1) is 11.7 Å². The molecule has 4 rings (SSSR count). The molecule has 1 amide bonds. The summed E-state index contributed by atoms with van der Waals surface area (Å²) < 4.78 is 19.6. The lowest BCUT2D eigenvalue weighted by Crippen LogP contribution is -2.32. The number of thioether (sulfide) groups is 1. The Morgan fingerprint density at radius 3 is 2.69 bits per heavy atom. The van der Waals surface area contributed by atoms with E-state index in [1.807, 2.05) is 31.2 Å². The number of benzene rings is 2. The van der Waals surface area contributed by atoms with Gasteiger partial charge < -0.3 is 4.42 Å². The minimum absolute atomic E-state index is 0.00994. The highest BCUT2D eigenvalue weighted by Gasteiger charge is 2.37. The number of carbonyl (C=O) groups excluding carboxylic acids is 1. The van der Waals surface area contributed by atoms with E-state index in [1.54, 1.807) is 41.3 Å².